The zero-order chi connectivity index (χ0) is 25.6. The molecular weight excluding hydrogens is 436 g/mol. The van der Waals surface area contributed by atoms with Crippen molar-refractivity contribution in [2.24, 2.45) is 11.8 Å². The summed E-state index contributed by atoms with van der Waals surface area (Å²) in [6.07, 6.45) is 0. The number of phenolic OH excluding ortho intramolecular Hbond substituents is 1. The fourth-order valence-electron chi connectivity index (χ4n) is 3.77. The molecule has 8 heteroatoms. The molecule has 0 aromatic heterocycles. The maximum Gasteiger partial charge on any atom is 0.397 e. The zero-order valence-electron chi connectivity index (χ0n) is 20.8. The molecule has 0 radical (unpaired) electrons. The predicted octanol–water partition coefficient (Wildman–Crippen LogP) is 4.71. The molecular formula is C26H34N2O6. The number of phenols is 1. The molecule has 184 valence electrons. The van der Waals surface area contributed by atoms with Gasteiger partial charge in [-0.25, -0.2) is 4.79 Å². The minimum absolute atomic E-state index is 0.0432. The van der Waals surface area contributed by atoms with Crippen LogP contribution in [0.5, 0.6) is 17.2 Å². The zero-order valence-corrected chi connectivity index (χ0v) is 20.8. The number of aromatic hydroxyl groups is 1. The first kappa shape index (κ1) is 26.7. The fraction of sp³-hybridized carbons (Fsp3) is 0.423. The first-order valence-electron chi connectivity index (χ1n) is 11.4. The van der Waals surface area contributed by atoms with E-state index in [1.807, 2.05) is 27.7 Å². The van der Waals surface area contributed by atoms with Crippen molar-refractivity contribution in [3.05, 3.63) is 47.0 Å². The molecule has 2 aromatic rings. The molecule has 3 N–H and O–H groups in total. The molecule has 2 amide bonds. The van der Waals surface area contributed by atoms with E-state index >= 15 is 0 Å². The van der Waals surface area contributed by atoms with Gasteiger partial charge in [0.15, 0.2) is 0 Å². The number of nitrogens with one attached hydrogen (secondary N) is 2. The largest absolute Gasteiger partial charge is 0.507 e. The van der Waals surface area contributed by atoms with Crippen LogP contribution < -0.4 is 15.4 Å². The predicted molar refractivity (Wildman–Crippen MR) is 130 cm³/mol. The highest BCUT2D eigenvalue weighted by atomic mass is 16.5. The van der Waals surface area contributed by atoms with Crippen molar-refractivity contribution in [2.75, 3.05) is 11.9 Å². The third-order valence-corrected chi connectivity index (χ3v) is 5.35. The molecule has 0 bridgehead atoms. The average Bonchev–Trinajstić information content (AvgIpc) is 2.75. The van der Waals surface area contributed by atoms with Gasteiger partial charge in [0.25, 0.3) is 5.91 Å². The van der Waals surface area contributed by atoms with Gasteiger partial charge in [0.2, 0.25) is 0 Å². The highest BCUT2D eigenvalue weighted by molar-refractivity contribution is 6.37. The number of hydrogen-bond acceptors (Lipinski definition) is 6. The van der Waals surface area contributed by atoms with E-state index < -0.39 is 11.9 Å². The molecule has 2 aromatic carbocycles. The van der Waals surface area contributed by atoms with Gasteiger partial charge in [0, 0.05) is 11.7 Å². The molecule has 0 aliphatic heterocycles. The minimum atomic E-state index is -0.954. The highest BCUT2D eigenvalue weighted by Crippen LogP contribution is 2.33. The number of carbonyl (C=O) groups excluding carboxylic acids is 3. The van der Waals surface area contributed by atoms with E-state index in [9.17, 15) is 19.5 Å². The van der Waals surface area contributed by atoms with Gasteiger partial charge in [-0.3, -0.25) is 9.59 Å². The van der Waals surface area contributed by atoms with Crippen LogP contribution in [0.3, 0.4) is 0 Å². The monoisotopic (exact) mass is 470 g/mol. The lowest BCUT2D eigenvalue weighted by Gasteiger charge is -2.26. The van der Waals surface area contributed by atoms with Gasteiger partial charge in [-0.2, -0.15) is 0 Å². The van der Waals surface area contributed by atoms with Crippen LogP contribution in [-0.4, -0.2) is 35.5 Å². The maximum absolute atomic E-state index is 12.9. The number of carbonyl (C=O) groups is 3. The number of hydrogen-bond donors (Lipinski definition) is 3. The topological polar surface area (TPSA) is 114 Å². The van der Waals surface area contributed by atoms with E-state index in [0.717, 1.165) is 0 Å². The number of amides is 2. The highest BCUT2D eigenvalue weighted by Gasteiger charge is 2.23. The summed E-state index contributed by atoms with van der Waals surface area (Å²) < 4.78 is 10.7. The summed E-state index contributed by atoms with van der Waals surface area (Å²) in [7, 11) is 0. The normalized spacial score (nSPS) is 11.0. The molecule has 0 saturated carbocycles. The van der Waals surface area contributed by atoms with Gasteiger partial charge in [-0.05, 0) is 74.1 Å². The number of ether oxygens (including phenoxy) is 2. The molecule has 0 spiro atoms. The summed E-state index contributed by atoms with van der Waals surface area (Å²) in [5.41, 5.74) is 1.97. The second kappa shape index (κ2) is 11.5. The molecule has 0 atom stereocenters. The molecule has 0 heterocycles. The van der Waals surface area contributed by atoms with Gasteiger partial charge < -0.3 is 25.2 Å². The van der Waals surface area contributed by atoms with Crippen molar-refractivity contribution in [3.63, 3.8) is 0 Å². The number of rotatable bonds is 8. The van der Waals surface area contributed by atoms with Crippen molar-refractivity contribution in [1.82, 2.24) is 5.32 Å². The summed E-state index contributed by atoms with van der Waals surface area (Å²) in [5.74, 6) is -0.939. The summed E-state index contributed by atoms with van der Waals surface area (Å²) in [6, 6.07) is 7.79. The van der Waals surface area contributed by atoms with Crippen LogP contribution in [0.15, 0.2) is 30.3 Å². The minimum Gasteiger partial charge on any atom is -0.507 e. The second-order valence-electron chi connectivity index (χ2n) is 8.88. The smallest absolute Gasteiger partial charge is 0.397 e. The van der Waals surface area contributed by atoms with Gasteiger partial charge in [0.1, 0.15) is 17.2 Å². The molecule has 0 saturated heterocycles. The van der Waals surface area contributed by atoms with Crippen molar-refractivity contribution >= 4 is 23.5 Å². The van der Waals surface area contributed by atoms with E-state index in [2.05, 4.69) is 10.6 Å². The summed E-state index contributed by atoms with van der Waals surface area (Å²) in [5, 5.41) is 15.8. The number of benzene rings is 2. The van der Waals surface area contributed by atoms with E-state index in [0.29, 0.717) is 28.3 Å². The lowest BCUT2D eigenvalue weighted by atomic mass is 9.93. The fourth-order valence-corrected chi connectivity index (χ4v) is 3.77. The van der Waals surface area contributed by atoms with Gasteiger partial charge in [-0.15, -0.1) is 0 Å². The Kier molecular flexibility index (Phi) is 9.06. The van der Waals surface area contributed by atoms with Crippen LogP contribution >= 0.6 is 0 Å². The summed E-state index contributed by atoms with van der Waals surface area (Å²) in [4.78, 5) is 36.4. The Morgan fingerprint density at radius 1 is 0.971 bits per heavy atom. The van der Waals surface area contributed by atoms with Crippen LogP contribution in [0.4, 0.5) is 5.69 Å². The third kappa shape index (κ3) is 6.73. The Hall–Kier alpha value is -3.55. The molecule has 34 heavy (non-hydrogen) atoms. The van der Waals surface area contributed by atoms with E-state index in [-0.39, 0.29) is 41.7 Å². The van der Waals surface area contributed by atoms with Crippen LogP contribution in [0.1, 0.15) is 56.1 Å². The van der Waals surface area contributed by atoms with Crippen LogP contribution in [0.2, 0.25) is 0 Å². The lowest BCUT2D eigenvalue weighted by molar-refractivity contribution is -0.152. The summed E-state index contributed by atoms with van der Waals surface area (Å²) in [6.45, 7) is 13.5. The summed E-state index contributed by atoms with van der Waals surface area (Å²) >= 11 is 0. The van der Waals surface area contributed by atoms with E-state index in [1.165, 1.54) is 12.1 Å². The number of anilines is 1. The molecule has 0 fully saturated rings. The van der Waals surface area contributed by atoms with Gasteiger partial charge in [0.05, 0.1) is 12.2 Å². The van der Waals surface area contributed by atoms with Crippen molar-refractivity contribution in [1.29, 1.82) is 0 Å². The Balaban J connectivity index is 2.25. The van der Waals surface area contributed by atoms with Gasteiger partial charge >= 0.3 is 11.9 Å². The third-order valence-electron chi connectivity index (χ3n) is 5.35. The Morgan fingerprint density at radius 2 is 1.56 bits per heavy atom. The van der Waals surface area contributed by atoms with Gasteiger partial charge in [-0.1, -0.05) is 27.7 Å². The Labute approximate surface area is 200 Å². The Bertz CT molecular complexity index is 1030. The molecule has 2 rings (SSSR count). The van der Waals surface area contributed by atoms with Crippen molar-refractivity contribution in [3.8, 4) is 17.2 Å². The first-order chi connectivity index (χ1) is 15.9. The molecule has 0 aliphatic carbocycles. The quantitative estimate of drug-likeness (QED) is 0.380. The second-order valence-corrected chi connectivity index (χ2v) is 8.88. The maximum atomic E-state index is 12.9. The van der Waals surface area contributed by atoms with Crippen LogP contribution in [0.25, 0.3) is 0 Å². The van der Waals surface area contributed by atoms with Crippen molar-refractivity contribution < 1.29 is 29.0 Å². The SMILES string of the molecule is CCOC(=O)C(=O)Nc1cc(C)c(Oc2ccc(O)c(C(=O)NC(C(C)C)C(C)C)c2)c(C)c1. The average molecular weight is 471 g/mol. The molecule has 0 unspecified atom stereocenters. The van der Waals surface area contributed by atoms with Crippen LogP contribution in [-0.2, 0) is 14.3 Å². The van der Waals surface area contributed by atoms with E-state index in [1.54, 1.807) is 39.0 Å². The van der Waals surface area contributed by atoms with Crippen molar-refractivity contribution in [2.45, 2.75) is 54.5 Å². The van der Waals surface area contributed by atoms with Crippen LogP contribution in [0, 0.1) is 25.7 Å². The van der Waals surface area contributed by atoms with E-state index in [4.69, 9.17) is 9.47 Å². The standard InChI is InChI=1S/C26H34N2O6/c1-8-33-26(32)25(31)27-18-11-16(6)23(17(7)12-18)34-19-9-10-21(29)20(13-19)24(30)28-22(14(2)3)15(4)5/h9-15,22,29H,8H2,1-7H3,(H,27,31)(H,28,30). The lowest BCUT2D eigenvalue weighted by Crippen LogP contribution is -2.42. The number of esters is 1. The molecule has 0 aliphatic rings. The number of aryl methyl sites for hydroxylation is 2. The Morgan fingerprint density at radius 3 is 2.09 bits per heavy atom. The molecule has 8 nitrogen and oxygen atoms in total. The first-order valence-corrected chi connectivity index (χ1v) is 11.4.